The minimum absolute atomic E-state index is 0. The van der Waals surface area contributed by atoms with Crippen molar-refractivity contribution in [3.8, 4) is 0 Å². The summed E-state index contributed by atoms with van der Waals surface area (Å²) >= 11 is 0. The molecular formula is C18H25ClN2O2S. The predicted molar refractivity (Wildman–Crippen MR) is 101 cm³/mol. The summed E-state index contributed by atoms with van der Waals surface area (Å²) in [6.07, 6.45) is 0. The molecule has 2 aromatic rings. The molecule has 0 atom stereocenters. The van der Waals surface area contributed by atoms with Crippen LogP contribution in [-0.2, 0) is 28.5 Å². The molecule has 132 valence electrons. The third kappa shape index (κ3) is 5.91. The summed E-state index contributed by atoms with van der Waals surface area (Å²) in [5.41, 5.74) is 3.72. The van der Waals surface area contributed by atoms with Crippen LogP contribution >= 0.6 is 12.4 Å². The third-order valence-corrected chi connectivity index (χ3v) is 4.66. The Balaban J connectivity index is 0.00000288. The minimum Gasteiger partial charge on any atom is -0.309 e. The van der Waals surface area contributed by atoms with Gasteiger partial charge in [-0.2, -0.15) is 0 Å². The summed E-state index contributed by atoms with van der Waals surface area (Å²) in [6, 6.07) is 15.2. The van der Waals surface area contributed by atoms with Gasteiger partial charge in [0.05, 0.1) is 4.90 Å². The van der Waals surface area contributed by atoms with Crippen molar-refractivity contribution in [2.75, 3.05) is 0 Å². The fourth-order valence-corrected chi connectivity index (χ4v) is 2.79. The maximum absolute atomic E-state index is 11.2. The summed E-state index contributed by atoms with van der Waals surface area (Å²) in [4.78, 5) is 0.138. The largest absolute Gasteiger partial charge is 0.309 e. The first-order valence-electron chi connectivity index (χ1n) is 7.58. The standard InChI is InChI=1S/C18H24N2O2S.ClH/c1-18(2,3)16-8-4-14(5-9-16)12-20-13-15-6-10-17(11-7-15)23(19,21)22;/h4-11,20H,12-13H2,1-3H3,(H2,19,21,22);1H. The van der Waals surface area contributed by atoms with Gasteiger partial charge in [0.15, 0.2) is 0 Å². The smallest absolute Gasteiger partial charge is 0.238 e. The van der Waals surface area contributed by atoms with Crippen LogP contribution in [0.3, 0.4) is 0 Å². The van der Waals surface area contributed by atoms with Gasteiger partial charge < -0.3 is 5.32 Å². The molecule has 0 aliphatic carbocycles. The molecule has 0 saturated heterocycles. The number of halogens is 1. The van der Waals surface area contributed by atoms with E-state index in [9.17, 15) is 8.42 Å². The number of rotatable bonds is 5. The average Bonchev–Trinajstić information content (AvgIpc) is 2.46. The first-order chi connectivity index (χ1) is 10.7. The number of sulfonamides is 1. The van der Waals surface area contributed by atoms with Gasteiger partial charge in [0.25, 0.3) is 0 Å². The molecule has 2 aromatic carbocycles. The Kier molecular flexibility index (Phi) is 6.98. The molecule has 0 heterocycles. The van der Waals surface area contributed by atoms with E-state index in [1.54, 1.807) is 12.1 Å². The second-order valence-electron chi connectivity index (χ2n) is 6.74. The van der Waals surface area contributed by atoms with Crippen LogP contribution in [0.25, 0.3) is 0 Å². The first kappa shape index (κ1) is 20.6. The zero-order valence-corrected chi connectivity index (χ0v) is 15.9. The number of hydrogen-bond acceptors (Lipinski definition) is 3. The van der Waals surface area contributed by atoms with Crippen molar-refractivity contribution >= 4 is 22.4 Å². The third-order valence-electron chi connectivity index (χ3n) is 3.73. The molecule has 3 N–H and O–H groups in total. The van der Waals surface area contributed by atoms with Gasteiger partial charge in [0.1, 0.15) is 0 Å². The van der Waals surface area contributed by atoms with Crippen molar-refractivity contribution in [1.29, 1.82) is 0 Å². The molecule has 0 bridgehead atoms. The highest BCUT2D eigenvalue weighted by Crippen LogP contribution is 2.22. The van der Waals surface area contributed by atoms with E-state index >= 15 is 0 Å². The van der Waals surface area contributed by atoms with Gasteiger partial charge in [-0.25, -0.2) is 13.6 Å². The summed E-state index contributed by atoms with van der Waals surface area (Å²) in [5.74, 6) is 0. The van der Waals surface area contributed by atoms with Crippen molar-refractivity contribution in [3.63, 3.8) is 0 Å². The molecule has 0 saturated carbocycles. The van der Waals surface area contributed by atoms with Crippen molar-refractivity contribution in [2.45, 2.75) is 44.2 Å². The summed E-state index contributed by atoms with van der Waals surface area (Å²) in [6.45, 7) is 8.04. The molecule has 0 unspecified atom stereocenters. The number of nitrogens with one attached hydrogen (secondary N) is 1. The lowest BCUT2D eigenvalue weighted by molar-refractivity contribution is 0.589. The Hall–Kier alpha value is -1.40. The predicted octanol–water partition coefficient (Wildman–Crippen LogP) is 3.34. The highest BCUT2D eigenvalue weighted by molar-refractivity contribution is 7.89. The maximum Gasteiger partial charge on any atom is 0.238 e. The Morgan fingerprint density at radius 1 is 0.875 bits per heavy atom. The summed E-state index contributed by atoms with van der Waals surface area (Å²) in [5, 5.41) is 8.44. The van der Waals surface area contributed by atoms with E-state index in [1.165, 1.54) is 23.3 Å². The normalized spacial score (nSPS) is 11.8. The van der Waals surface area contributed by atoms with Crippen molar-refractivity contribution in [1.82, 2.24) is 5.32 Å². The SMILES string of the molecule is CC(C)(C)c1ccc(CNCc2ccc(S(N)(=O)=O)cc2)cc1.Cl. The number of primary sulfonamides is 1. The van der Waals surface area contributed by atoms with Gasteiger partial charge in [-0.1, -0.05) is 57.2 Å². The van der Waals surface area contributed by atoms with Crippen molar-refractivity contribution < 1.29 is 8.42 Å². The lowest BCUT2D eigenvalue weighted by atomic mass is 9.87. The van der Waals surface area contributed by atoms with E-state index in [2.05, 4.69) is 50.4 Å². The van der Waals surface area contributed by atoms with Crippen LogP contribution in [0.15, 0.2) is 53.4 Å². The zero-order chi connectivity index (χ0) is 17.1. The fraction of sp³-hybridized carbons (Fsp3) is 0.333. The Bertz CT molecular complexity index is 749. The highest BCUT2D eigenvalue weighted by Gasteiger charge is 2.12. The number of benzene rings is 2. The average molecular weight is 369 g/mol. The van der Waals surface area contributed by atoms with Gasteiger partial charge in [-0.3, -0.25) is 0 Å². The quantitative estimate of drug-likeness (QED) is 0.850. The molecule has 0 spiro atoms. The topological polar surface area (TPSA) is 72.2 Å². The second kappa shape index (κ2) is 8.12. The molecule has 24 heavy (non-hydrogen) atoms. The van der Waals surface area contributed by atoms with E-state index < -0.39 is 10.0 Å². The molecule has 0 amide bonds. The molecule has 2 rings (SSSR count). The lowest BCUT2D eigenvalue weighted by Crippen LogP contribution is -2.15. The highest BCUT2D eigenvalue weighted by atomic mass is 35.5. The first-order valence-corrected chi connectivity index (χ1v) is 9.13. The van der Waals surface area contributed by atoms with Crippen LogP contribution in [0.1, 0.15) is 37.5 Å². The fourth-order valence-electron chi connectivity index (χ4n) is 2.27. The Morgan fingerprint density at radius 2 is 1.29 bits per heavy atom. The monoisotopic (exact) mass is 368 g/mol. The minimum atomic E-state index is -3.62. The maximum atomic E-state index is 11.2. The van der Waals surface area contributed by atoms with Crippen LogP contribution < -0.4 is 10.5 Å². The second-order valence-corrected chi connectivity index (χ2v) is 8.30. The van der Waals surface area contributed by atoms with Crippen LogP contribution in [0.5, 0.6) is 0 Å². The van der Waals surface area contributed by atoms with E-state index in [4.69, 9.17) is 5.14 Å². The summed E-state index contributed by atoms with van der Waals surface area (Å²) < 4.78 is 22.4. The Labute approximate surface area is 150 Å². The number of nitrogens with two attached hydrogens (primary N) is 1. The van der Waals surface area contributed by atoms with Crippen LogP contribution in [0.4, 0.5) is 0 Å². The van der Waals surface area contributed by atoms with E-state index in [0.29, 0.717) is 6.54 Å². The number of hydrogen-bond donors (Lipinski definition) is 2. The van der Waals surface area contributed by atoms with Gasteiger partial charge in [0.2, 0.25) is 10.0 Å². The Morgan fingerprint density at radius 3 is 1.67 bits per heavy atom. The molecule has 0 aliphatic heterocycles. The van der Waals surface area contributed by atoms with E-state index in [1.807, 2.05) is 0 Å². The molecular weight excluding hydrogens is 344 g/mol. The van der Waals surface area contributed by atoms with Crippen LogP contribution in [-0.4, -0.2) is 8.42 Å². The summed E-state index contributed by atoms with van der Waals surface area (Å²) in [7, 11) is -3.62. The molecule has 4 nitrogen and oxygen atoms in total. The molecule has 0 aromatic heterocycles. The molecule has 0 fully saturated rings. The van der Waals surface area contributed by atoms with Crippen molar-refractivity contribution in [2.24, 2.45) is 5.14 Å². The lowest BCUT2D eigenvalue weighted by Gasteiger charge is -2.19. The van der Waals surface area contributed by atoms with Gasteiger partial charge >= 0.3 is 0 Å². The molecule has 0 aliphatic rings. The van der Waals surface area contributed by atoms with Gasteiger partial charge in [-0.15, -0.1) is 12.4 Å². The zero-order valence-electron chi connectivity index (χ0n) is 14.2. The van der Waals surface area contributed by atoms with Crippen molar-refractivity contribution in [3.05, 3.63) is 65.2 Å². The van der Waals surface area contributed by atoms with Gasteiger partial charge in [-0.05, 0) is 34.2 Å². The van der Waals surface area contributed by atoms with Crippen LogP contribution in [0.2, 0.25) is 0 Å². The van der Waals surface area contributed by atoms with Crippen LogP contribution in [0, 0.1) is 0 Å². The van der Waals surface area contributed by atoms with Gasteiger partial charge in [0, 0.05) is 13.1 Å². The van der Waals surface area contributed by atoms with E-state index in [-0.39, 0.29) is 22.7 Å². The van der Waals surface area contributed by atoms with E-state index in [0.717, 1.165) is 12.1 Å². The molecule has 6 heteroatoms. The molecule has 0 radical (unpaired) electrons.